The maximum Gasteiger partial charge on any atom is 0.128 e. The third-order valence-corrected chi connectivity index (χ3v) is 2.60. The van der Waals surface area contributed by atoms with E-state index in [1.807, 2.05) is 6.92 Å². The van der Waals surface area contributed by atoms with E-state index in [9.17, 15) is 13.9 Å². The SMILES string of the molecule is CCCNC(C)(CO)c1cc(F)ccc1F. The summed E-state index contributed by atoms with van der Waals surface area (Å²) in [4.78, 5) is 0. The van der Waals surface area contributed by atoms with Crippen LogP contribution in [0, 0.1) is 11.6 Å². The van der Waals surface area contributed by atoms with Crippen LogP contribution in [0.5, 0.6) is 0 Å². The number of aliphatic hydroxyl groups excluding tert-OH is 1. The molecule has 1 unspecified atom stereocenters. The van der Waals surface area contributed by atoms with Crippen molar-refractivity contribution in [2.45, 2.75) is 25.8 Å². The summed E-state index contributed by atoms with van der Waals surface area (Å²) in [6.45, 7) is 3.97. The number of aliphatic hydroxyl groups is 1. The van der Waals surface area contributed by atoms with Crippen LogP contribution in [0.3, 0.4) is 0 Å². The summed E-state index contributed by atoms with van der Waals surface area (Å²) in [7, 11) is 0. The molecule has 0 saturated heterocycles. The van der Waals surface area contributed by atoms with Gasteiger partial charge in [0.2, 0.25) is 0 Å². The minimum Gasteiger partial charge on any atom is -0.394 e. The molecule has 2 N–H and O–H groups in total. The lowest BCUT2D eigenvalue weighted by atomic mass is 9.92. The van der Waals surface area contributed by atoms with Crippen LogP contribution < -0.4 is 5.32 Å². The summed E-state index contributed by atoms with van der Waals surface area (Å²) < 4.78 is 26.6. The number of benzene rings is 1. The third kappa shape index (κ3) is 2.77. The van der Waals surface area contributed by atoms with Crippen molar-refractivity contribution in [2.75, 3.05) is 13.2 Å². The second-order valence-corrected chi connectivity index (χ2v) is 4.04. The second-order valence-electron chi connectivity index (χ2n) is 4.04. The molecule has 90 valence electrons. The number of hydrogen-bond acceptors (Lipinski definition) is 2. The minimum absolute atomic E-state index is 0.156. The van der Waals surface area contributed by atoms with E-state index < -0.39 is 17.2 Å². The van der Waals surface area contributed by atoms with Crippen molar-refractivity contribution in [3.05, 3.63) is 35.4 Å². The molecule has 1 aromatic carbocycles. The molecule has 0 aliphatic carbocycles. The molecule has 0 aliphatic rings. The van der Waals surface area contributed by atoms with E-state index in [1.54, 1.807) is 6.92 Å². The predicted octanol–water partition coefficient (Wildman–Crippen LogP) is 2.17. The lowest BCUT2D eigenvalue weighted by Crippen LogP contribution is -2.44. The second kappa shape index (κ2) is 5.37. The summed E-state index contributed by atoms with van der Waals surface area (Å²) in [5.74, 6) is -1.02. The van der Waals surface area contributed by atoms with Gasteiger partial charge in [0.1, 0.15) is 11.6 Å². The molecule has 0 bridgehead atoms. The van der Waals surface area contributed by atoms with Gasteiger partial charge in [0.15, 0.2) is 0 Å². The molecule has 0 aromatic heterocycles. The average Bonchev–Trinajstić information content (AvgIpc) is 2.29. The Bertz CT molecular complexity index is 357. The normalized spacial score (nSPS) is 14.8. The first-order valence-electron chi connectivity index (χ1n) is 5.35. The summed E-state index contributed by atoms with van der Waals surface area (Å²) in [6, 6.07) is 3.26. The molecule has 1 aromatic rings. The molecule has 0 radical (unpaired) electrons. The monoisotopic (exact) mass is 229 g/mol. The Morgan fingerprint density at radius 1 is 1.38 bits per heavy atom. The molecule has 0 saturated carbocycles. The van der Waals surface area contributed by atoms with Crippen molar-refractivity contribution in [1.29, 1.82) is 0 Å². The van der Waals surface area contributed by atoms with Gasteiger partial charge in [0, 0.05) is 5.56 Å². The molecular weight excluding hydrogens is 212 g/mol. The molecule has 0 aliphatic heterocycles. The zero-order valence-electron chi connectivity index (χ0n) is 9.56. The van der Waals surface area contributed by atoms with Gasteiger partial charge >= 0.3 is 0 Å². The van der Waals surface area contributed by atoms with Gasteiger partial charge in [-0.15, -0.1) is 0 Å². The van der Waals surface area contributed by atoms with Gasteiger partial charge in [-0.25, -0.2) is 8.78 Å². The van der Waals surface area contributed by atoms with E-state index in [0.717, 1.165) is 24.6 Å². The molecule has 0 amide bonds. The highest BCUT2D eigenvalue weighted by atomic mass is 19.1. The maximum absolute atomic E-state index is 13.6. The average molecular weight is 229 g/mol. The zero-order chi connectivity index (χ0) is 12.2. The van der Waals surface area contributed by atoms with Gasteiger partial charge in [0.25, 0.3) is 0 Å². The molecule has 0 fully saturated rings. The first-order chi connectivity index (χ1) is 7.53. The molecular formula is C12H17F2NO. The summed E-state index contributed by atoms with van der Waals surface area (Å²) >= 11 is 0. The topological polar surface area (TPSA) is 32.3 Å². The Balaban J connectivity index is 3.06. The van der Waals surface area contributed by atoms with Crippen LogP contribution in [0.15, 0.2) is 18.2 Å². The van der Waals surface area contributed by atoms with Crippen molar-refractivity contribution in [3.63, 3.8) is 0 Å². The van der Waals surface area contributed by atoms with E-state index >= 15 is 0 Å². The number of halogens is 2. The van der Waals surface area contributed by atoms with E-state index in [-0.39, 0.29) is 12.2 Å². The van der Waals surface area contributed by atoms with Gasteiger partial charge in [-0.2, -0.15) is 0 Å². The summed E-state index contributed by atoms with van der Waals surface area (Å²) in [6.07, 6.45) is 0.854. The van der Waals surface area contributed by atoms with Crippen LogP contribution in [0.2, 0.25) is 0 Å². The van der Waals surface area contributed by atoms with Crippen molar-refractivity contribution >= 4 is 0 Å². The van der Waals surface area contributed by atoms with Crippen LogP contribution in [-0.4, -0.2) is 18.3 Å². The van der Waals surface area contributed by atoms with Gasteiger partial charge in [0.05, 0.1) is 12.1 Å². The summed E-state index contributed by atoms with van der Waals surface area (Å²) in [5.41, 5.74) is -0.786. The Morgan fingerprint density at radius 2 is 2.06 bits per heavy atom. The minimum atomic E-state index is -0.942. The quantitative estimate of drug-likeness (QED) is 0.811. The smallest absolute Gasteiger partial charge is 0.128 e. The highest BCUT2D eigenvalue weighted by Crippen LogP contribution is 2.24. The van der Waals surface area contributed by atoms with Gasteiger partial charge < -0.3 is 10.4 Å². The van der Waals surface area contributed by atoms with Crippen LogP contribution >= 0.6 is 0 Å². The largest absolute Gasteiger partial charge is 0.394 e. The lowest BCUT2D eigenvalue weighted by Gasteiger charge is -2.29. The number of nitrogens with one attached hydrogen (secondary N) is 1. The number of rotatable bonds is 5. The van der Waals surface area contributed by atoms with E-state index in [0.29, 0.717) is 6.54 Å². The van der Waals surface area contributed by atoms with Crippen molar-refractivity contribution < 1.29 is 13.9 Å². The van der Waals surface area contributed by atoms with Crippen molar-refractivity contribution in [3.8, 4) is 0 Å². The lowest BCUT2D eigenvalue weighted by molar-refractivity contribution is 0.171. The molecule has 0 spiro atoms. The fourth-order valence-electron chi connectivity index (χ4n) is 1.56. The highest BCUT2D eigenvalue weighted by Gasteiger charge is 2.28. The van der Waals surface area contributed by atoms with Crippen molar-refractivity contribution in [2.24, 2.45) is 0 Å². The Labute approximate surface area is 94.3 Å². The van der Waals surface area contributed by atoms with Crippen molar-refractivity contribution in [1.82, 2.24) is 5.32 Å². The first kappa shape index (κ1) is 13.1. The number of hydrogen-bond donors (Lipinski definition) is 2. The Hall–Kier alpha value is -1.00. The molecule has 1 rings (SSSR count). The van der Waals surface area contributed by atoms with Crippen LogP contribution in [-0.2, 0) is 5.54 Å². The molecule has 1 atom stereocenters. The van der Waals surface area contributed by atoms with Gasteiger partial charge in [-0.1, -0.05) is 6.92 Å². The Kier molecular flexibility index (Phi) is 4.38. The van der Waals surface area contributed by atoms with Crippen LogP contribution in [0.25, 0.3) is 0 Å². The van der Waals surface area contributed by atoms with E-state index in [4.69, 9.17) is 0 Å². The maximum atomic E-state index is 13.6. The van der Waals surface area contributed by atoms with Gasteiger partial charge in [-0.05, 0) is 38.1 Å². The highest BCUT2D eigenvalue weighted by molar-refractivity contribution is 5.26. The van der Waals surface area contributed by atoms with Gasteiger partial charge in [-0.3, -0.25) is 0 Å². The van der Waals surface area contributed by atoms with Crippen LogP contribution in [0.4, 0.5) is 8.78 Å². The molecule has 16 heavy (non-hydrogen) atoms. The predicted molar refractivity (Wildman–Crippen MR) is 59.1 cm³/mol. The Morgan fingerprint density at radius 3 is 2.62 bits per heavy atom. The molecule has 2 nitrogen and oxygen atoms in total. The first-order valence-corrected chi connectivity index (χ1v) is 5.35. The standard InChI is InChI=1S/C12H17F2NO/c1-3-6-15-12(2,8-16)10-7-9(13)4-5-11(10)14/h4-5,7,15-16H,3,6,8H2,1-2H3. The molecule has 4 heteroatoms. The fourth-order valence-corrected chi connectivity index (χ4v) is 1.56. The van der Waals surface area contributed by atoms with Crippen LogP contribution in [0.1, 0.15) is 25.8 Å². The van der Waals surface area contributed by atoms with E-state index in [1.165, 1.54) is 0 Å². The fraction of sp³-hybridized carbons (Fsp3) is 0.500. The molecule has 0 heterocycles. The van der Waals surface area contributed by atoms with E-state index in [2.05, 4.69) is 5.32 Å². The summed E-state index contributed by atoms with van der Waals surface area (Å²) in [5, 5.41) is 12.4. The third-order valence-electron chi connectivity index (χ3n) is 2.60. The zero-order valence-corrected chi connectivity index (χ0v) is 9.56.